The molecule has 0 spiro atoms. The molecular formula is C31H32N2O4. The molecule has 6 heteroatoms. The molecule has 0 saturated carbocycles. The SMILES string of the molecule is C[C@@H](NCCCc1ccccc1)[C@H](Cc1ccc(C(=O)Nc2ccccc2)o1)c1ccc2c(c1)OCO2. The predicted octanol–water partition coefficient (Wildman–Crippen LogP) is 6.20. The van der Waals surface area contributed by atoms with E-state index >= 15 is 0 Å². The van der Waals surface area contributed by atoms with Crippen molar-refractivity contribution in [1.29, 1.82) is 0 Å². The number of aryl methyl sites for hydroxylation is 1. The second-order valence-electron chi connectivity index (χ2n) is 9.34. The average molecular weight is 497 g/mol. The fourth-order valence-corrected chi connectivity index (χ4v) is 4.68. The van der Waals surface area contributed by atoms with Crippen molar-refractivity contribution in [2.24, 2.45) is 0 Å². The number of rotatable bonds is 11. The Hall–Kier alpha value is -4.03. The molecule has 3 aromatic carbocycles. The third-order valence-electron chi connectivity index (χ3n) is 6.72. The quantitative estimate of drug-likeness (QED) is 0.242. The molecule has 4 aromatic rings. The Balaban J connectivity index is 1.27. The first-order valence-electron chi connectivity index (χ1n) is 12.8. The van der Waals surface area contributed by atoms with E-state index in [1.807, 2.05) is 48.5 Å². The highest BCUT2D eigenvalue weighted by Crippen LogP contribution is 2.36. The highest BCUT2D eigenvalue weighted by molar-refractivity contribution is 6.02. The summed E-state index contributed by atoms with van der Waals surface area (Å²) in [5.41, 5.74) is 3.22. The van der Waals surface area contributed by atoms with Gasteiger partial charge in [-0.3, -0.25) is 4.79 Å². The summed E-state index contributed by atoms with van der Waals surface area (Å²) in [6, 6.07) is 29.8. The van der Waals surface area contributed by atoms with E-state index in [1.165, 1.54) is 5.56 Å². The largest absolute Gasteiger partial charge is 0.456 e. The van der Waals surface area contributed by atoms with Gasteiger partial charge in [-0.15, -0.1) is 0 Å². The number of nitrogens with one attached hydrogen (secondary N) is 2. The van der Waals surface area contributed by atoms with E-state index in [0.717, 1.165) is 47.9 Å². The maximum absolute atomic E-state index is 12.7. The van der Waals surface area contributed by atoms with Crippen LogP contribution >= 0.6 is 0 Å². The Labute approximate surface area is 217 Å². The lowest BCUT2D eigenvalue weighted by Crippen LogP contribution is -2.34. The maximum Gasteiger partial charge on any atom is 0.291 e. The Bertz CT molecular complexity index is 1300. The van der Waals surface area contributed by atoms with Gasteiger partial charge in [0.15, 0.2) is 17.3 Å². The van der Waals surface area contributed by atoms with Gasteiger partial charge in [-0.25, -0.2) is 0 Å². The van der Waals surface area contributed by atoms with Gasteiger partial charge in [0.05, 0.1) is 0 Å². The Kier molecular flexibility index (Phi) is 7.87. The lowest BCUT2D eigenvalue weighted by Gasteiger charge is -2.25. The van der Waals surface area contributed by atoms with Crippen LogP contribution in [0.5, 0.6) is 11.5 Å². The third-order valence-corrected chi connectivity index (χ3v) is 6.72. The van der Waals surface area contributed by atoms with Crippen molar-refractivity contribution in [3.05, 3.63) is 114 Å². The van der Waals surface area contributed by atoms with Gasteiger partial charge in [-0.05, 0) is 73.8 Å². The number of hydrogen-bond donors (Lipinski definition) is 2. The third kappa shape index (κ3) is 6.40. The van der Waals surface area contributed by atoms with Crippen LogP contribution in [0.15, 0.2) is 95.4 Å². The smallest absolute Gasteiger partial charge is 0.291 e. The van der Waals surface area contributed by atoms with Crippen molar-refractivity contribution in [3.8, 4) is 11.5 Å². The number of benzene rings is 3. The van der Waals surface area contributed by atoms with Gasteiger partial charge in [-0.1, -0.05) is 54.6 Å². The van der Waals surface area contributed by atoms with Crippen molar-refractivity contribution in [2.45, 2.75) is 38.1 Å². The molecule has 2 atom stereocenters. The summed E-state index contributed by atoms with van der Waals surface area (Å²) in [7, 11) is 0. The molecule has 0 radical (unpaired) electrons. The Morgan fingerprint density at radius 1 is 0.892 bits per heavy atom. The Morgan fingerprint density at radius 2 is 1.65 bits per heavy atom. The number of para-hydroxylation sites is 1. The minimum absolute atomic E-state index is 0.113. The minimum atomic E-state index is -0.260. The summed E-state index contributed by atoms with van der Waals surface area (Å²) in [5.74, 6) is 2.45. The highest BCUT2D eigenvalue weighted by atomic mass is 16.7. The summed E-state index contributed by atoms with van der Waals surface area (Å²) < 4.78 is 17.2. The molecule has 37 heavy (non-hydrogen) atoms. The number of furan rings is 1. The van der Waals surface area contributed by atoms with Crippen LogP contribution in [-0.2, 0) is 12.8 Å². The van der Waals surface area contributed by atoms with E-state index in [4.69, 9.17) is 13.9 Å². The summed E-state index contributed by atoms with van der Waals surface area (Å²) in [6.45, 7) is 3.35. The summed E-state index contributed by atoms with van der Waals surface area (Å²) >= 11 is 0. The lowest BCUT2D eigenvalue weighted by atomic mass is 9.88. The summed E-state index contributed by atoms with van der Waals surface area (Å²) in [5, 5.41) is 6.59. The molecule has 1 aliphatic rings. The van der Waals surface area contributed by atoms with Gasteiger partial charge in [0.2, 0.25) is 6.79 Å². The van der Waals surface area contributed by atoms with E-state index in [0.29, 0.717) is 12.2 Å². The normalized spacial score (nSPS) is 13.8. The van der Waals surface area contributed by atoms with E-state index in [2.05, 4.69) is 54.0 Å². The summed E-state index contributed by atoms with van der Waals surface area (Å²) in [6.07, 6.45) is 2.73. The summed E-state index contributed by atoms with van der Waals surface area (Å²) in [4.78, 5) is 12.7. The maximum atomic E-state index is 12.7. The number of ether oxygens (including phenoxy) is 2. The van der Waals surface area contributed by atoms with Crippen molar-refractivity contribution >= 4 is 11.6 Å². The van der Waals surface area contributed by atoms with Crippen LogP contribution in [0.1, 0.15) is 46.7 Å². The molecule has 5 rings (SSSR count). The van der Waals surface area contributed by atoms with Crippen LogP contribution in [0.3, 0.4) is 0 Å². The molecular weight excluding hydrogens is 464 g/mol. The molecule has 1 aliphatic heterocycles. The first-order chi connectivity index (χ1) is 18.2. The number of carbonyl (C=O) groups excluding carboxylic acids is 1. The van der Waals surface area contributed by atoms with Gasteiger partial charge in [-0.2, -0.15) is 0 Å². The zero-order valence-electron chi connectivity index (χ0n) is 21.0. The minimum Gasteiger partial charge on any atom is -0.456 e. The molecule has 1 amide bonds. The lowest BCUT2D eigenvalue weighted by molar-refractivity contribution is 0.0994. The number of hydrogen-bond acceptors (Lipinski definition) is 5. The molecule has 0 saturated heterocycles. The van der Waals surface area contributed by atoms with Crippen LogP contribution in [0.25, 0.3) is 0 Å². The second-order valence-corrected chi connectivity index (χ2v) is 9.34. The van der Waals surface area contributed by atoms with Gasteiger partial charge in [0, 0.05) is 24.1 Å². The standard InChI is InChI=1S/C31H32N2O4/c1-22(32-18-8-11-23-9-4-2-5-10-23)27(24-14-16-28-30(19-24)36-21-35-28)20-26-15-17-29(37-26)31(34)33-25-12-6-3-7-13-25/h2-7,9-10,12-17,19,22,27,32H,8,11,18,20-21H2,1H3,(H,33,34)/t22-,27+/m1/s1. The van der Waals surface area contributed by atoms with Crippen molar-refractivity contribution in [2.75, 3.05) is 18.7 Å². The first-order valence-corrected chi connectivity index (χ1v) is 12.8. The number of fused-ring (bicyclic) bond motifs is 1. The van der Waals surface area contributed by atoms with Crippen molar-refractivity contribution in [3.63, 3.8) is 0 Å². The molecule has 0 bridgehead atoms. The van der Waals surface area contributed by atoms with Gasteiger partial charge in [0.1, 0.15) is 5.76 Å². The zero-order valence-corrected chi connectivity index (χ0v) is 21.0. The molecule has 0 aliphatic carbocycles. The number of anilines is 1. The van der Waals surface area contributed by atoms with E-state index < -0.39 is 0 Å². The molecule has 6 nitrogen and oxygen atoms in total. The fourth-order valence-electron chi connectivity index (χ4n) is 4.68. The highest BCUT2D eigenvalue weighted by Gasteiger charge is 2.25. The average Bonchev–Trinajstić information content (AvgIpc) is 3.60. The monoisotopic (exact) mass is 496 g/mol. The Morgan fingerprint density at radius 3 is 2.46 bits per heavy atom. The van der Waals surface area contributed by atoms with Crippen LogP contribution in [0, 0.1) is 0 Å². The van der Waals surface area contributed by atoms with Crippen molar-refractivity contribution < 1.29 is 18.7 Å². The van der Waals surface area contributed by atoms with Crippen LogP contribution in [0.4, 0.5) is 5.69 Å². The fraction of sp³-hybridized carbons (Fsp3) is 0.258. The van der Waals surface area contributed by atoms with Crippen LogP contribution in [0.2, 0.25) is 0 Å². The molecule has 0 unspecified atom stereocenters. The molecule has 2 heterocycles. The van der Waals surface area contributed by atoms with Gasteiger partial charge >= 0.3 is 0 Å². The molecule has 0 fully saturated rings. The number of carbonyl (C=O) groups is 1. The van der Waals surface area contributed by atoms with E-state index in [-0.39, 0.29) is 24.7 Å². The predicted molar refractivity (Wildman–Crippen MR) is 144 cm³/mol. The molecule has 1 aromatic heterocycles. The number of amides is 1. The first kappa shape index (κ1) is 24.7. The van der Waals surface area contributed by atoms with Gasteiger partial charge < -0.3 is 24.5 Å². The van der Waals surface area contributed by atoms with Crippen LogP contribution < -0.4 is 20.1 Å². The van der Waals surface area contributed by atoms with Gasteiger partial charge in [0.25, 0.3) is 5.91 Å². The van der Waals surface area contributed by atoms with E-state index in [1.54, 1.807) is 6.07 Å². The molecule has 2 N–H and O–H groups in total. The van der Waals surface area contributed by atoms with Crippen LogP contribution in [-0.4, -0.2) is 25.3 Å². The second kappa shape index (κ2) is 11.8. The van der Waals surface area contributed by atoms with Crippen molar-refractivity contribution in [1.82, 2.24) is 5.32 Å². The molecule has 190 valence electrons. The zero-order chi connectivity index (χ0) is 25.5. The van der Waals surface area contributed by atoms with E-state index in [9.17, 15) is 4.79 Å². The topological polar surface area (TPSA) is 72.7 Å².